The van der Waals surface area contributed by atoms with E-state index in [4.69, 9.17) is 9.84 Å². The van der Waals surface area contributed by atoms with E-state index in [1.54, 1.807) is 6.20 Å². The molecule has 0 saturated heterocycles. The fraction of sp³-hybridized carbons (Fsp3) is 0.214. The molecule has 0 aliphatic rings. The van der Waals surface area contributed by atoms with Crippen molar-refractivity contribution in [3.8, 4) is 5.75 Å². The number of nitro groups is 1. The molecule has 1 aromatic carbocycles. The molecule has 6 heteroatoms. The number of rotatable bonds is 5. The lowest BCUT2D eigenvalue weighted by molar-refractivity contribution is -0.386. The number of aliphatic hydroxyl groups excluding tert-OH is 1. The van der Waals surface area contributed by atoms with Gasteiger partial charge in [-0.2, -0.15) is 0 Å². The number of aliphatic hydroxyl groups is 1. The Hall–Kier alpha value is -2.47. The second-order valence-electron chi connectivity index (χ2n) is 4.27. The maximum absolute atomic E-state index is 10.9. The van der Waals surface area contributed by atoms with Crippen molar-refractivity contribution >= 4 is 5.69 Å². The molecule has 0 aliphatic heterocycles. The van der Waals surface area contributed by atoms with Crippen LogP contribution in [0, 0.1) is 17.0 Å². The van der Waals surface area contributed by atoms with Crippen molar-refractivity contribution in [1.29, 1.82) is 0 Å². The largest absolute Gasteiger partial charge is 0.480 e. The van der Waals surface area contributed by atoms with Crippen LogP contribution in [-0.2, 0) is 13.2 Å². The number of benzene rings is 1. The molecule has 0 amide bonds. The van der Waals surface area contributed by atoms with Gasteiger partial charge in [0.1, 0.15) is 6.61 Å². The summed E-state index contributed by atoms with van der Waals surface area (Å²) < 4.78 is 5.49. The summed E-state index contributed by atoms with van der Waals surface area (Å²) in [6.45, 7) is 1.84. The Kier molecular flexibility index (Phi) is 4.27. The van der Waals surface area contributed by atoms with Gasteiger partial charge in [0.15, 0.2) is 5.75 Å². The van der Waals surface area contributed by atoms with Crippen molar-refractivity contribution in [3.63, 3.8) is 0 Å². The zero-order valence-corrected chi connectivity index (χ0v) is 10.9. The van der Waals surface area contributed by atoms with Crippen LogP contribution in [0.15, 0.2) is 36.5 Å². The highest BCUT2D eigenvalue weighted by molar-refractivity contribution is 5.48. The Bertz CT molecular complexity index is 628. The van der Waals surface area contributed by atoms with Crippen molar-refractivity contribution in [1.82, 2.24) is 4.98 Å². The van der Waals surface area contributed by atoms with E-state index >= 15 is 0 Å². The number of pyridine rings is 1. The number of hydrogen-bond acceptors (Lipinski definition) is 5. The number of aryl methyl sites for hydroxylation is 1. The van der Waals surface area contributed by atoms with Gasteiger partial charge in [-0.25, -0.2) is 0 Å². The Balaban J connectivity index is 2.24. The van der Waals surface area contributed by atoms with E-state index in [9.17, 15) is 10.1 Å². The molecule has 0 fully saturated rings. The van der Waals surface area contributed by atoms with Crippen LogP contribution in [0.3, 0.4) is 0 Å². The Morgan fingerprint density at radius 3 is 2.85 bits per heavy atom. The van der Waals surface area contributed by atoms with E-state index in [-0.39, 0.29) is 24.7 Å². The summed E-state index contributed by atoms with van der Waals surface area (Å²) in [5, 5.41) is 20.0. The van der Waals surface area contributed by atoms with Gasteiger partial charge in [0, 0.05) is 12.3 Å². The normalized spacial score (nSPS) is 10.3. The van der Waals surface area contributed by atoms with Crippen LogP contribution in [0.4, 0.5) is 5.69 Å². The maximum Gasteiger partial charge on any atom is 0.310 e. The number of ether oxygens (including phenoxy) is 1. The first-order valence-electron chi connectivity index (χ1n) is 6.03. The van der Waals surface area contributed by atoms with E-state index in [0.29, 0.717) is 5.56 Å². The zero-order chi connectivity index (χ0) is 14.5. The van der Waals surface area contributed by atoms with Gasteiger partial charge in [0.05, 0.1) is 17.2 Å². The lowest BCUT2D eigenvalue weighted by Crippen LogP contribution is -2.03. The van der Waals surface area contributed by atoms with Gasteiger partial charge in [0.25, 0.3) is 0 Å². The first-order valence-corrected chi connectivity index (χ1v) is 6.03. The summed E-state index contributed by atoms with van der Waals surface area (Å²) in [4.78, 5) is 14.6. The Morgan fingerprint density at radius 2 is 2.20 bits per heavy atom. The van der Waals surface area contributed by atoms with Crippen molar-refractivity contribution in [2.24, 2.45) is 0 Å². The molecule has 0 saturated carbocycles. The number of nitrogens with zero attached hydrogens (tertiary/aromatic N) is 2. The minimum absolute atomic E-state index is 0.129. The number of hydrogen-bond donors (Lipinski definition) is 1. The van der Waals surface area contributed by atoms with Crippen LogP contribution < -0.4 is 4.74 Å². The predicted molar refractivity (Wildman–Crippen MR) is 72.3 cm³/mol. The van der Waals surface area contributed by atoms with Crippen LogP contribution in [0.1, 0.15) is 16.8 Å². The third kappa shape index (κ3) is 3.10. The third-order valence-electron chi connectivity index (χ3n) is 2.89. The molecule has 0 aliphatic carbocycles. The quantitative estimate of drug-likeness (QED) is 0.668. The fourth-order valence-corrected chi connectivity index (χ4v) is 1.74. The first-order chi connectivity index (χ1) is 9.61. The molecular formula is C14H14N2O4. The SMILES string of the molecule is Cc1cccnc1COc1cc(CO)ccc1[N+](=O)[O-]. The molecule has 0 bridgehead atoms. The van der Waals surface area contributed by atoms with Gasteiger partial charge in [-0.05, 0) is 36.2 Å². The summed E-state index contributed by atoms with van der Waals surface area (Å²) in [5.41, 5.74) is 2.10. The van der Waals surface area contributed by atoms with Gasteiger partial charge in [-0.1, -0.05) is 6.07 Å². The minimum Gasteiger partial charge on any atom is -0.480 e. The molecule has 1 aromatic heterocycles. The molecule has 104 valence electrons. The fourth-order valence-electron chi connectivity index (χ4n) is 1.74. The maximum atomic E-state index is 10.9. The van der Waals surface area contributed by atoms with E-state index in [0.717, 1.165) is 11.3 Å². The lowest BCUT2D eigenvalue weighted by atomic mass is 10.2. The van der Waals surface area contributed by atoms with Crippen LogP contribution in [0.5, 0.6) is 5.75 Å². The van der Waals surface area contributed by atoms with E-state index in [1.165, 1.54) is 18.2 Å². The van der Waals surface area contributed by atoms with Crippen LogP contribution in [-0.4, -0.2) is 15.0 Å². The molecule has 6 nitrogen and oxygen atoms in total. The molecule has 1 N–H and O–H groups in total. The monoisotopic (exact) mass is 274 g/mol. The highest BCUT2D eigenvalue weighted by Gasteiger charge is 2.16. The summed E-state index contributed by atoms with van der Waals surface area (Å²) in [6.07, 6.45) is 1.64. The van der Waals surface area contributed by atoms with Crippen molar-refractivity contribution in [2.75, 3.05) is 0 Å². The molecule has 0 unspecified atom stereocenters. The summed E-state index contributed by atoms with van der Waals surface area (Å²) in [6, 6.07) is 8.00. The average molecular weight is 274 g/mol. The van der Waals surface area contributed by atoms with Crippen molar-refractivity contribution in [2.45, 2.75) is 20.1 Å². The first kappa shape index (κ1) is 14.0. The molecule has 2 rings (SSSR count). The van der Waals surface area contributed by atoms with Crippen LogP contribution in [0.25, 0.3) is 0 Å². The molecule has 0 radical (unpaired) electrons. The lowest BCUT2D eigenvalue weighted by Gasteiger charge is -2.09. The summed E-state index contributed by atoms with van der Waals surface area (Å²) in [5.74, 6) is 0.131. The van der Waals surface area contributed by atoms with Crippen molar-refractivity contribution in [3.05, 3.63) is 63.5 Å². The molecule has 1 heterocycles. The van der Waals surface area contributed by atoms with Crippen LogP contribution >= 0.6 is 0 Å². The van der Waals surface area contributed by atoms with Gasteiger partial charge >= 0.3 is 5.69 Å². The van der Waals surface area contributed by atoms with Gasteiger partial charge < -0.3 is 9.84 Å². The highest BCUT2D eigenvalue weighted by Crippen LogP contribution is 2.28. The summed E-state index contributed by atoms with van der Waals surface area (Å²) >= 11 is 0. The van der Waals surface area contributed by atoms with Gasteiger partial charge in [0.2, 0.25) is 0 Å². The topological polar surface area (TPSA) is 85.5 Å². The minimum atomic E-state index is -0.512. The van der Waals surface area contributed by atoms with Crippen molar-refractivity contribution < 1.29 is 14.8 Å². The Labute approximate surface area is 115 Å². The molecule has 0 spiro atoms. The summed E-state index contributed by atoms with van der Waals surface area (Å²) in [7, 11) is 0. The molecule has 20 heavy (non-hydrogen) atoms. The zero-order valence-electron chi connectivity index (χ0n) is 10.9. The second-order valence-corrected chi connectivity index (χ2v) is 4.27. The van der Waals surface area contributed by atoms with Crippen LogP contribution in [0.2, 0.25) is 0 Å². The number of aromatic nitrogens is 1. The van der Waals surface area contributed by atoms with E-state index in [2.05, 4.69) is 4.98 Å². The molecule has 2 aromatic rings. The van der Waals surface area contributed by atoms with E-state index in [1.807, 2.05) is 19.1 Å². The second kappa shape index (κ2) is 6.12. The Morgan fingerprint density at radius 1 is 1.40 bits per heavy atom. The number of nitro benzene ring substituents is 1. The average Bonchev–Trinajstić information content (AvgIpc) is 2.46. The smallest absolute Gasteiger partial charge is 0.310 e. The molecular weight excluding hydrogens is 260 g/mol. The van der Waals surface area contributed by atoms with E-state index < -0.39 is 4.92 Å². The highest BCUT2D eigenvalue weighted by atomic mass is 16.6. The third-order valence-corrected chi connectivity index (χ3v) is 2.89. The van der Waals surface area contributed by atoms with Gasteiger partial charge in [-0.3, -0.25) is 15.1 Å². The standard InChI is InChI=1S/C14H14N2O4/c1-10-3-2-6-15-12(10)9-20-14-7-11(8-17)4-5-13(14)16(18)19/h2-7,17H,8-9H2,1H3. The predicted octanol–water partition coefficient (Wildman–Crippen LogP) is 2.37. The molecule has 0 atom stereocenters. The van der Waals surface area contributed by atoms with Gasteiger partial charge in [-0.15, -0.1) is 0 Å².